The van der Waals surface area contributed by atoms with Gasteiger partial charge in [0.15, 0.2) is 5.15 Å². The molecule has 0 aliphatic rings. The van der Waals surface area contributed by atoms with Crippen LogP contribution in [0.5, 0.6) is 0 Å². The molecule has 14 heavy (non-hydrogen) atoms. The van der Waals surface area contributed by atoms with Crippen molar-refractivity contribution in [3.63, 3.8) is 0 Å². The maximum Gasteiger partial charge on any atom is 0.155 e. The van der Waals surface area contributed by atoms with Crippen LogP contribution in [0.2, 0.25) is 5.15 Å². The van der Waals surface area contributed by atoms with Gasteiger partial charge in [-0.2, -0.15) is 0 Å². The second kappa shape index (κ2) is 3.42. The molecule has 0 N–H and O–H groups in total. The van der Waals surface area contributed by atoms with E-state index >= 15 is 0 Å². The summed E-state index contributed by atoms with van der Waals surface area (Å²) in [7, 11) is 0. The Hall–Kier alpha value is -1.35. The van der Waals surface area contributed by atoms with Crippen LogP contribution in [0.1, 0.15) is 11.4 Å². The summed E-state index contributed by atoms with van der Waals surface area (Å²) in [5, 5.41) is 0.446. The first-order chi connectivity index (χ1) is 6.72. The zero-order valence-electron chi connectivity index (χ0n) is 7.70. The van der Waals surface area contributed by atoms with Crippen molar-refractivity contribution < 1.29 is 4.79 Å². The van der Waals surface area contributed by atoms with Crippen LogP contribution >= 0.6 is 11.6 Å². The standard InChI is InChI=1S/C10H9ClN2O/c1-7-2-3-8-10(11)12-9(4-5-14)13(8)6-7/h2-3,5-6H,4H2,1H3. The normalized spacial score (nSPS) is 10.7. The maximum atomic E-state index is 10.4. The van der Waals surface area contributed by atoms with Gasteiger partial charge in [-0.1, -0.05) is 17.7 Å². The van der Waals surface area contributed by atoms with E-state index in [4.69, 9.17) is 11.6 Å². The van der Waals surface area contributed by atoms with Gasteiger partial charge in [-0.25, -0.2) is 4.98 Å². The Morgan fingerprint density at radius 1 is 1.57 bits per heavy atom. The minimum Gasteiger partial charge on any atom is -0.303 e. The molecule has 0 saturated heterocycles. The average Bonchev–Trinajstić information content (AvgIpc) is 2.44. The van der Waals surface area contributed by atoms with Crippen molar-refractivity contribution in [3.05, 3.63) is 34.9 Å². The SMILES string of the molecule is Cc1ccc2c(Cl)nc(CC=O)n2c1. The van der Waals surface area contributed by atoms with Gasteiger partial charge in [0.1, 0.15) is 12.1 Å². The molecule has 2 heterocycles. The molecule has 0 saturated carbocycles. The van der Waals surface area contributed by atoms with Gasteiger partial charge in [-0.3, -0.25) is 0 Å². The van der Waals surface area contributed by atoms with Crippen LogP contribution in [0.4, 0.5) is 0 Å². The molecule has 4 heteroatoms. The molecular weight excluding hydrogens is 200 g/mol. The lowest BCUT2D eigenvalue weighted by molar-refractivity contribution is -0.107. The molecule has 0 atom stereocenters. The summed E-state index contributed by atoms with van der Waals surface area (Å²) in [5.41, 5.74) is 1.95. The molecule has 72 valence electrons. The Morgan fingerprint density at radius 3 is 3.07 bits per heavy atom. The summed E-state index contributed by atoms with van der Waals surface area (Å²) in [6.07, 6.45) is 3.04. The first-order valence-corrected chi connectivity index (χ1v) is 4.67. The van der Waals surface area contributed by atoms with Crippen LogP contribution in [-0.2, 0) is 11.2 Å². The highest BCUT2D eigenvalue weighted by Gasteiger charge is 2.07. The molecule has 0 aliphatic carbocycles. The van der Waals surface area contributed by atoms with Gasteiger partial charge in [-0.05, 0) is 18.6 Å². The second-order valence-corrected chi connectivity index (χ2v) is 3.51. The highest BCUT2D eigenvalue weighted by Crippen LogP contribution is 2.18. The summed E-state index contributed by atoms with van der Waals surface area (Å²) >= 11 is 5.92. The van der Waals surface area contributed by atoms with Gasteiger partial charge in [0, 0.05) is 6.20 Å². The summed E-state index contributed by atoms with van der Waals surface area (Å²) in [5.74, 6) is 0.684. The van der Waals surface area contributed by atoms with E-state index in [1.165, 1.54) is 0 Å². The molecule has 0 fully saturated rings. The van der Waals surface area contributed by atoms with Crippen molar-refractivity contribution >= 4 is 23.4 Å². The van der Waals surface area contributed by atoms with Crippen molar-refractivity contribution in [2.24, 2.45) is 0 Å². The molecule has 0 unspecified atom stereocenters. The number of nitrogens with zero attached hydrogens (tertiary/aromatic N) is 2. The molecule has 0 bridgehead atoms. The number of aryl methyl sites for hydroxylation is 1. The molecule has 2 aromatic rings. The number of carbonyl (C=O) groups excluding carboxylic acids is 1. The van der Waals surface area contributed by atoms with E-state index in [9.17, 15) is 4.79 Å². The minimum atomic E-state index is 0.289. The van der Waals surface area contributed by atoms with E-state index in [-0.39, 0.29) is 6.42 Å². The number of carbonyl (C=O) groups is 1. The van der Waals surface area contributed by atoms with Crippen LogP contribution in [0.3, 0.4) is 0 Å². The Kier molecular flexibility index (Phi) is 2.25. The van der Waals surface area contributed by atoms with Crippen LogP contribution < -0.4 is 0 Å². The van der Waals surface area contributed by atoms with E-state index in [0.717, 1.165) is 17.4 Å². The van der Waals surface area contributed by atoms with Gasteiger partial charge in [0.05, 0.1) is 11.9 Å². The van der Waals surface area contributed by atoms with E-state index in [2.05, 4.69) is 4.98 Å². The monoisotopic (exact) mass is 208 g/mol. The highest BCUT2D eigenvalue weighted by atomic mass is 35.5. The molecule has 2 rings (SSSR count). The summed E-state index contributed by atoms with van der Waals surface area (Å²) < 4.78 is 1.85. The lowest BCUT2D eigenvalue weighted by atomic mass is 10.3. The Bertz CT molecular complexity index is 490. The third kappa shape index (κ3) is 1.40. The number of fused-ring (bicyclic) bond motifs is 1. The number of aldehydes is 1. The zero-order valence-corrected chi connectivity index (χ0v) is 8.45. The highest BCUT2D eigenvalue weighted by molar-refractivity contribution is 6.32. The first-order valence-electron chi connectivity index (χ1n) is 4.29. The van der Waals surface area contributed by atoms with Gasteiger partial charge >= 0.3 is 0 Å². The number of aromatic nitrogens is 2. The number of pyridine rings is 1. The fraction of sp³-hybridized carbons (Fsp3) is 0.200. The second-order valence-electron chi connectivity index (χ2n) is 3.15. The molecule has 0 spiro atoms. The van der Waals surface area contributed by atoms with Gasteiger partial charge in [-0.15, -0.1) is 0 Å². The van der Waals surface area contributed by atoms with Crippen LogP contribution in [0, 0.1) is 6.92 Å². The zero-order chi connectivity index (χ0) is 10.1. The van der Waals surface area contributed by atoms with Crippen molar-refractivity contribution in [1.29, 1.82) is 0 Å². The number of imidazole rings is 1. The molecule has 2 aromatic heterocycles. The van der Waals surface area contributed by atoms with Crippen LogP contribution in [0.25, 0.3) is 5.52 Å². The van der Waals surface area contributed by atoms with Crippen LogP contribution in [0.15, 0.2) is 18.3 Å². The Balaban J connectivity index is 2.72. The average molecular weight is 209 g/mol. The summed E-state index contributed by atoms with van der Waals surface area (Å²) in [4.78, 5) is 14.5. The summed E-state index contributed by atoms with van der Waals surface area (Å²) in [6.45, 7) is 1.98. The molecule has 0 radical (unpaired) electrons. The number of halogens is 1. The maximum absolute atomic E-state index is 10.4. The topological polar surface area (TPSA) is 34.4 Å². The lowest BCUT2D eigenvalue weighted by Crippen LogP contribution is -1.95. The summed E-state index contributed by atoms with van der Waals surface area (Å²) in [6, 6.07) is 3.87. The Morgan fingerprint density at radius 2 is 2.36 bits per heavy atom. The Labute approximate surface area is 86.3 Å². The van der Waals surface area contributed by atoms with E-state index in [1.54, 1.807) is 0 Å². The number of hydrogen-bond acceptors (Lipinski definition) is 2. The van der Waals surface area contributed by atoms with Gasteiger partial charge < -0.3 is 9.20 Å². The largest absolute Gasteiger partial charge is 0.303 e. The fourth-order valence-corrected chi connectivity index (χ4v) is 1.68. The molecule has 0 aliphatic heterocycles. The predicted octanol–water partition coefficient (Wildman–Crippen LogP) is 2.04. The molecular formula is C10H9ClN2O. The minimum absolute atomic E-state index is 0.289. The lowest BCUT2D eigenvalue weighted by Gasteiger charge is -1.98. The van der Waals surface area contributed by atoms with E-state index in [1.807, 2.05) is 29.7 Å². The number of rotatable bonds is 2. The van der Waals surface area contributed by atoms with Gasteiger partial charge in [0.25, 0.3) is 0 Å². The molecule has 3 nitrogen and oxygen atoms in total. The van der Waals surface area contributed by atoms with Crippen molar-refractivity contribution in [3.8, 4) is 0 Å². The van der Waals surface area contributed by atoms with E-state index < -0.39 is 0 Å². The third-order valence-corrected chi connectivity index (χ3v) is 2.36. The van der Waals surface area contributed by atoms with Gasteiger partial charge in [0.2, 0.25) is 0 Å². The van der Waals surface area contributed by atoms with Crippen molar-refractivity contribution in [1.82, 2.24) is 9.38 Å². The molecule has 0 aromatic carbocycles. The molecule has 0 amide bonds. The third-order valence-electron chi connectivity index (χ3n) is 2.08. The van der Waals surface area contributed by atoms with Crippen molar-refractivity contribution in [2.45, 2.75) is 13.3 Å². The van der Waals surface area contributed by atoms with E-state index in [0.29, 0.717) is 11.0 Å². The quantitative estimate of drug-likeness (QED) is 0.708. The smallest absolute Gasteiger partial charge is 0.155 e. The number of hydrogen-bond donors (Lipinski definition) is 0. The van der Waals surface area contributed by atoms with Crippen molar-refractivity contribution in [2.75, 3.05) is 0 Å². The first kappa shape index (κ1) is 9.21. The van der Waals surface area contributed by atoms with Crippen LogP contribution in [-0.4, -0.2) is 15.7 Å². The fourth-order valence-electron chi connectivity index (χ4n) is 1.43. The predicted molar refractivity (Wildman–Crippen MR) is 54.7 cm³/mol.